The maximum atomic E-state index is 11.6. The average molecular weight is 262 g/mol. The standard InChI is InChI=1S/C9H9Cl2N3O2/c10-7(11)8(15)14(13-9(12)16)6-4-2-1-3-5-6/h1-5,7H,(H3,12,13,16). The fraction of sp³-hybridized carbons (Fsp3) is 0.111. The summed E-state index contributed by atoms with van der Waals surface area (Å²) in [5, 5.41) is 0.896. The first-order valence-corrected chi connectivity index (χ1v) is 5.13. The average Bonchev–Trinajstić information content (AvgIpc) is 2.26. The van der Waals surface area contributed by atoms with Crippen LogP contribution in [-0.2, 0) is 4.79 Å². The van der Waals surface area contributed by atoms with Crippen LogP contribution < -0.4 is 16.2 Å². The van der Waals surface area contributed by atoms with Gasteiger partial charge in [0.05, 0.1) is 5.69 Å². The van der Waals surface area contributed by atoms with Crippen LogP contribution in [0.3, 0.4) is 0 Å². The van der Waals surface area contributed by atoms with Gasteiger partial charge in [-0.3, -0.25) is 4.79 Å². The van der Waals surface area contributed by atoms with Crippen molar-refractivity contribution in [3.8, 4) is 0 Å². The first-order chi connectivity index (χ1) is 7.52. The summed E-state index contributed by atoms with van der Waals surface area (Å²) < 4.78 is 0. The third-order valence-electron chi connectivity index (χ3n) is 1.64. The lowest BCUT2D eigenvalue weighted by atomic mass is 10.3. The fourth-order valence-electron chi connectivity index (χ4n) is 1.03. The number of benzene rings is 1. The summed E-state index contributed by atoms with van der Waals surface area (Å²) in [5.74, 6) is -0.687. The topological polar surface area (TPSA) is 75.4 Å². The van der Waals surface area contributed by atoms with Gasteiger partial charge in [-0.15, -0.1) is 0 Å². The molecule has 0 fully saturated rings. The molecule has 0 radical (unpaired) electrons. The van der Waals surface area contributed by atoms with E-state index in [0.717, 1.165) is 5.01 Å². The van der Waals surface area contributed by atoms with Crippen LogP contribution >= 0.6 is 23.2 Å². The molecule has 5 nitrogen and oxygen atoms in total. The van der Waals surface area contributed by atoms with Crippen molar-refractivity contribution in [3.05, 3.63) is 30.3 Å². The van der Waals surface area contributed by atoms with Crippen molar-refractivity contribution in [3.63, 3.8) is 0 Å². The van der Waals surface area contributed by atoms with E-state index in [4.69, 9.17) is 28.9 Å². The molecule has 16 heavy (non-hydrogen) atoms. The molecule has 0 unspecified atom stereocenters. The maximum absolute atomic E-state index is 11.6. The van der Waals surface area contributed by atoms with Crippen LogP contribution in [0.15, 0.2) is 30.3 Å². The van der Waals surface area contributed by atoms with E-state index in [1.54, 1.807) is 30.3 Å². The first-order valence-electron chi connectivity index (χ1n) is 4.25. The Labute approximate surface area is 102 Å². The van der Waals surface area contributed by atoms with Crippen molar-refractivity contribution in [2.45, 2.75) is 4.84 Å². The first kappa shape index (κ1) is 12.6. The largest absolute Gasteiger partial charge is 0.350 e. The Hall–Kier alpha value is -1.46. The van der Waals surface area contributed by atoms with E-state index in [0.29, 0.717) is 5.69 Å². The minimum Gasteiger partial charge on any atom is -0.350 e. The molecule has 86 valence electrons. The predicted octanol–water partition coefficient (Wildman–Crippen LogP) is 1.41. The summed E-state index contributed by atoms with van der Waals surface area (Å²) in [7, 11) is 0. The Bertz CT molecular complexity index is 384. The van der Waals surface area contributed by atoms with Crippen LogP contribution in [0.5, 0.6) is 0 Å². The second-order valence-electron chi connectivity index (χ2n) is 2.79. The normalized spacial score (nSPS) is 9.94. The molecule has 0 bridgehead atoms. The summed E-state index contributed by atoms with van der Waals surface area (Å²) in [6.45, 7) is 0. The molecule has 0 aliphatic rings. The van der Waals surface area contributed by atoms with Gasteiger partial charge in [0, 0.05) is 0 Å². The van der Waals surface area contributed by atoms with E-state index in [1.807, 2.05) is 0 Å². The number of anilines is 1. The second kappa shape index (κ2) is 5.58. The molecule has 3 N–H and O–H groups in total. The molecule has 0 aliphatic carbocycles. The molecule has 1 aromatic carbocycles. The van der Waals surface area contributed by atoms with Crippen LogP contribution in [0, 0.1) is 0 Å². The summed E-state index contributed by atoms with van der Waals surface area (Å²) in [6.07, 6.45) is 0. The quantitative estimate of drug-likeness (QED) is 0.624. The van der Waals surface area contributed by atoms with Gasteiger partial charge in [-0.05, 0) is 12.1 Å². The lowest BCUT2D eigenvalue weighted by molar-refractivity contribution is -0.117. The van der Waals surface area contributed by atoms with Gasteiger partial charge in [-0.1, -0.05) is 41.4 Å². The number of nitrogens with one attached hydrogen (secondary N) is 1. The van der Waals surface area contributed by atoms with E-state index in [9.17, 15) is 9.59 Å². The number of hydrogen-bond donors (Lipinski definition) is 2. The van der Waals surface area contributed by atoms with Crippen molar-refractivity contribution in [1.29, 1.82) is 0 Å². The van der Waals surface area contributed by atoms with Crippen molar-refractivity contribution < 1.29 is 9.59 Å². The molecule has 0 saturated carbocycles. The monoisotopic (exact) mass is 261 g/mol. The zero-order chi connectivity index (χ0) is 12.1. The van der Waals surface area contributed by atoms with Crippen molar-refractivity contribution in [2.24, 2.45) is 5.73 Å². The summed E-state index contributed by atoms with van der Waals surface area (Å²) >= 11 is 10.9. The summed E-state index contributed by atoms with van der Waals surface area (Å²) in [6, 6.07) is 7.46. The van der Waals surface area contributed by atoms with Gasteiger partial charge in [0.15, 0.2) is 4.84 Å². The van der Waals surface area contributed by atoms with Crippen molar-refractivity contribution in [2.75, 3.05) is 5.01 Å². The number of hydrazine groups is 1. The van der Waals surface area contributed by atoms with E-state index >= 15 is 0 Å². The third-order valence-corrected chi connectivity index (χ3v) is 2.02. The minimum atomic E-state index is -1.29. The van der Waals surface area contributed by atoms with Crippen LogP contribution in [0.2, 0.25) is 0 Å². The Morgan fingerprint density at radius 3 is 2.25 bits per heavy atom. The number of halogens is 2. The van der Waals surface area contributed by atoms with Gasteiger partial charge >= 0.3 is 6.03 Å². The van der Waals surface area contributed by atoms with E-state index in [1.165, 1.54) is 0 Å². The molecule has 0 aromatic heterocycles. The molecule has 7 heteroatoms. The molecule has 0 heterocycles. The highest BCUT2D eigenvalue weighted by Crippen LogP contribution is 2.15. The minimum absolute atomic E-state index is 0.414. The Balaban J connectivity index is 2.96. The Kier molecular flexibility index (Phi) is 4.39. The third kappa shape index (κ3) is 3.29. The molecular weight excluding hydrogens is 253 g/mol. The van der Waals surface area contributed by atoms with Crippen LogP contribution in [0.1, 0.15) is 0 Å². The SMILES string of the molecule is NC(=O)NN(C(=O)C(Cl)Cl)c1ccccc1. The van der Waals surface area contributed by atoms with E-state index < -0.39 is 16.8 Å². The number of nitrogens with zero attached hydrogens (tertiary/aromatic N) is 1. The van der Waals surface area contributed by atoms with Gasteiger partial charge in [-0.25, -0.2) is 15.2 Å². The van der Waals surface area contributed by atoms with Gasteiger partial charge in [0.2, 0.25) is 0 Å². The van der Waals surface area contributed by atoms with Crippen molar-refractivity contribution >= 4 is 40.8 Å². The number of nitrogens with two attached hydrogens (primary N) is 1. The molecule has 0 saturated heterocycles. The number of amides is 3. The highest BCUT2D eigenvalue weighted by Gasteiger charge is 2.22. The summed E-state index contributed by atoms with van der Waals surface area (Å²) in [4.78, 5) is 21.0. The second-order valence-corrected chi connectivity index (χ2v) is 3.88. The number of carbonyl (C=O) groups excluding carboxylic acids is 2. The highest BCUT2D eigenvalue weighted by molar-refractivity contribution is 6.54. The van der Waals surface area contributed by atoms with Gasteiger partial charge in [-0.2, -0.15) is 0 Å². The summed E-state index contributed by atoms with van der Waals surface area (Å²) in [5.41, 5.74) is 7.48. The molecule has 1 rings (SSSR count). The number of alkyl halides is 2. The molecule has 0 atom stereocenters. The number of urea groups is 1. The van der Waals surface area contributed by atoms with Crippen LogP contribution in [-0.4, -0.2) is 16.8 Å². The maximum Gasteiger partial charge on any atom is 0.331 e. The highest BCUT2D eigenvalue weighted by atomic mass is 35.5. The van der Waals surface area contributed by atoms with Gasteiger partial charge < -0.3 is 5.73 Å². The van der Waals surface area contributed by atoms with Crippen molar-refractivity contribution in [1.82, 2.24) is 5.43 Å². The van der Waals surface area contributed by atoms with Gasteiger partial charge in [0.25, 0.3) is 5.91 Å². The number of rotatable bonds is 2. The number of carbonyl (C=O) groups is 2. The smallest absolute Gasteiger partial charge is 0.331 e. The van der Waals surface area contributed by atoms with E-state index in [-0.39, 0.29) is 0 Å². The van der Waals surface area contributed by atoms with Crippen LogP contribution in [0.4, 0.5) is 10.5 Å². The number of hydrogen-bond acceptors (Lipinski definition) is 2. The molecule has 0 aliphatic heterocycles. The van der Waals surface area contributed by atoms with Crippen LogP contribution in [0.25, 0.3) is 0 Å². The number of primary amides is 1. The molecular formula is C9H9Cl2N3O2. The zero-order valence-electron chi connectivity index (χ0n) is 8.06. The molecule has 3 amide bonds. The lowest BCUT2D eigenvalue weighted by Gasteiger charge is -2.22. The Morgan fingerprint density at radius 1 is 1.25 bits per heavy atom. The molecule has 0 spiro atoms. The molecule has 1 aromatic rings. The predicted molar refractivity (Wildman–Crippen MR) is 62.1 cm³/mol. The fourth-order valence-corrected chi connectivity index (χ4v) is 1.23. The lowest BCUT2D eigenvalue weighted by Crippen LogP contribution is -2.50. The zero-order valence-corrected chi connectivity index (χ0v) is 9.57. The Morgan fingerprint density at radius 2 is 1.81 bits per heavy atom. The van der Waals surface area contributed by atoms with E-state index in [2.05, 4.69) is 5.43 Å². The number of para-hydroxylation sites is 1. The van der Waals surface area contributed by atoms with Gasteiger partial charge in [0.1, 0.15) is 0 Å².